The minimum absolute atomic E-state index is 0.156. The summed E-state index contributed by atoms with van der Waals surface area (Å²) in [6, 6.07) is 1.51. The summed E-state index contributed by atoms with van der Waals surface area (Å²) in [7, 11) is 4.59. The van der Waals surface area contributed by atoms with Gasteiger partial charge in [0, 0.05) is 14.1 Å². The highest BCUT2D eigenvalue weighted by molar-refractivity contribution is 5.93. The van der Waals surface area contributed by atoms with Crippen molar-refractivity contribution >= 4 is 22.6 Å². The third-order valence-corrected chi connectivity index (χ3v) is 2.91. The first-order valence-electron chi connectivity index (χ1n) is 5.96. The summed E-state index contributed by atoms with van der Waals surface area (Å²) in [4.78, 5) is 39.4. The molecule has 2 aromatic heterocycles. The van der Waals surface area contributed by atoms with Crippen LogP contribution in [0.2, 0.25) is 0 Å². The summed E-state index contributed by atoms with van der Waals surface area (Å²) in [6.07, 6.45) is 1.41. The van der Waals surface area contributed by atoms with Crippen LogP contribution in [-0.2, 0) is 18.9 Å². The molecular formula is C12H15N5O3. The number of pyridine rings is 1. The molecule has 0 aliphatic rings. The SMILES string of the molecule is CNCC(=O)Nc1cnc2c(c1)c(=O)n(C)c(=O)n2C. The summed E-state index contributed by atoms with van der Waals surface area (Å²) in [5.41, 5.74) is -0.194. The molecule has 8 heteroatoms. The molecule has 2 rings (SSSR count). The van der Waals surface area contributed by atoms with Crippen molar-refractivity contribution in [1.82, 2.24) is 19.4 Å². The lowest BCUT2D eigenvalue weighted by atomic mass is 10.3. The molecule has 1 amide bonds. The fraction of sp³-hybridized carbons (Fsp3) is 0.333. The minimum atomic E-state index is -0.444. The van der Waals surface area contributed by atoms with Gasteiger partial charge in [0.05, 0.1) is 23.8 Å². The van der Waals surface area contributed by atoms with Gasteiger partial charge in [-0.05, 0) is 13.1 Å². The van der Waals surface area contributed by atoms with Gasteiger partial charge in [0.1, 0.15) is 5.65 Å². The second kappa shape index (κ2) is 5.25. The number of carbonyl (C=O) groups excluding carboxylic acids is 1. The van der Waals surface area contributed by atoms with Gasteiger partial charge in [0.25, 0.3) is 5.56 Å². The number of amides is 1. The maximum Gasteiger partial charge on any atom is 0.332 e. The normalized spacial score (nSPS) is 10.8. The number of aromatic nitrogens is 3. The number of aryl methyl sites for hydroxylation is 1. The van der Waals surface area contributed by atoms with Crippen LogP contribution >= 0.6 is 0 Å². The predicted molar refractivity (Wildman–Crippen MR) is 74.8 cm³/mol. The van der Waals surface area contributed by atoms with E-state index in [1.165, 1.54) is 30.9 Å². The van der Waals surface area contributed by atoms with Gasteiger partial charge in [0.15, 0.2) is 0 Å². The van der Waals surface area contributed by atoms with Crippen LogP contribution in [-0.4, -0.2) is 33.6 Å². The zero-order valence-corrected chi connectivity index (χ0v) is 11.4. The van der Waals surface area contributed by atoms with Crippen LogP contribution in [0, 0.1) is 0 Å². The maximum absolute atomic E-state index is 12.0. The van der Waals surface area contributed by atoms with Crippen LogP contribution in [0.4, 0.5) is 5.69 Å². The van der Waals surface area contributed by atoms with E-state index in [2.05, 4.69) is 15.6 Å². The number of likely N-dealkylation sites (N-methyl/N-ethyl adjacent to an activating group) is 1. The van der Waals surface area contributed by atoms with Crippen LogP contribution in [0.1, 0.15) is 0 Å². The number of nitrogens with zero attached hydrogens (tertiary/aromatic N) is 3. The van der Waals surface area contributed by atoms with E-state index < -0.39 is 11.2 Å². The molecule has 0 aliphatic heterocycles. The molecule has 2 aromatic rings. The van der Waals surface area contributed by atoms with E-state index >= 15 is 0 Å². The smallest absolute Gasteiger partial charge is 0.324 e. The first-order chi connectivity index (χ1) is 9.45. The van der Waals surface area contributed by atoms with Crippen molar-refractivity contribution in [2.45, 2.75) is 0 Å². The molecule has 0 aliphatic carbocycles. The Morgan fingerprint density at radius 3 is 2.65 bits per heavy atom. The summed E-state index contributed by atoms with van der Waals surface area (Å²) >= 11 is 0. The molecule has 106 valence electrons. The highest BCUT2D eigenvalue weighted by Gasteiger charge is 2.11. The van der Waals surface area contributed by atoms with E-state index in [0.717, 1.165) is 4.57 Å². The molecule has 0 fully saturated rings. The second-order valence-electron chi connectivity index (χ2n) is 4.38. The van der Waals surface area contributed by atoms with Crippen LogP contribution < -0.4 is 21.9 Å². The molecule has 0 saturated heterocycles. The third-order valence-electron chi connectivity index (χ3n) is 2.91. The first kappa shape index (κ1) is 13.9. The van der Waals surface area contributed by atoms with Crippen molar-refractivity contribution in [2.75, 3.05) is 18.9 Å². The Kier molecular flexibility index (Phi) is 3.66. The fourth-order valence-electron chi connectivity index (χ4n) is 1.90. The number of hydrogen-bond acceptors (Lipinski definition) is 5. The van der Waals surface area contributed by atoms with Gasteiger partial charge in [-0.1, -0.05) is 0 Å². The lowest BCUT2D eigenvalue weighted by Gasteiger charge is -2.09. The van der Waals surface area contributed by atoms with Crippen molar-refractivity contribution in [2.24, 2.45) is 14.1 Å². The zero-order chi connectivity index (χ0) is 14.9. The van der Waals surface area contributed by atoms with Gasteiger partial charge < -0.3 is 10.6 Å². The summed E-state index contributed by atoms with van der Waals surface area (Å²) in [5.74, 6) is -0.240. The van der Waals surface area contributed by atoms with Gasteiger partial charge in [-0.2, -0.15) is 0 Å². The Hall–Kier alpha value is -2.48. The van der Waals surface area contributed by atoms with E-state index in [-0.39, 0.29) is 23.5 Å². The van der Waals surface area contributed by atoms with E-state index in [4.69, 9.17) is 0 Å². The van der Waals surface area contributed by atoms with Crippen molar-refractivity contribution in [3.05, 3.63) is 33.1 Å². The zero-order valence-electron chi connectivity index (χ0n) is 11.4. The highest BCUT2D eigenvalue weighted by Crippen LogP contribution is 2.11. The van der Waals surface area contributed by atoms with Crippen LogP contribution in [0.5, 0.6) is 0 Å². The maximum atomic E-state index is 12.0. The van der Waals surface area contributed by atoms with Crippen molar-refractivity contribution in [1.29, 1.82) is 0 Å². The number of anilines is 1. The molecule has 0 bridgehead atoms. The Morgan fingerprint density at radius 1 is 1.30 bits per heavy atom. The average Bonchev–Trinajstić information content (AvgIpc) is 2.43. The van der Waals surface area contributed by atoms with Gasteiger partial charge in [-0.3, -0.25) is 18.7 Å². The number of rotatable bonds is 3. The van der Waals surface area contributed by atoms with E-state index in [1.54, 1.807) is 7.05 Å². The first-order valence-corrected chi connectivity index (χ1v) is 5.96. The summed E-state index contributed by atoms with van der Waals surface area (Å²) < 4.78 is 2.29. The average molecular weight is 277 g/mol. The monoisotopic (exact) mass is 277 g/mol. The molecule has 0 atom stereocenters. The molecule has 2 N–H and O–H groups in total. The number of carbonyl (C=O) groups is 1. The summed E-state index contributed by atoms with van der Waals surface area (Å²) in [6.45, 7) is 0.156. The van der Waals surface area contributed by atoms with E-state index in [0.29, 0.717) is 5.69 Å². The van der Waals surface area contributed by atoms with Crippen molar-refractivity contribution in [3.8, 4) is 0 Å². The van der Waals surface area contributed by atoms with Crippen molar-refractivity contribution in [3.63, 3.8) is 0 Å². The van der Waals surface area contributed by atoms with Crippen molar-refractivity contribution < 1.29 is 4.79 Å². The molecule has 0 radical (unpaired) electrons. The number of fused-ring (bicyclic) bond motifs is 1. The Bertz CT molecular complexity index is 790. The number of hydrogen-bond donors (Lipinski definition) is 2. The van der Waals surface area contributed by atoms with Crippen LogP contribution in [0.25, 0.3) is 11.0 Å². The molecule has 0 spiro atoms. The van der Waals surface area contributed by atoms with Gasteiger partial charge in [-0.25, -0.2) is 9.78 Å². The number of nitrogens with one attached hydrogen (secondary N) is 2. The van der Waals surface area contributed by atoms with Gasteiger partial charge in [0.2, 0.25) is 5.91 Å². The lowest BCUT2D eigenvalue weighted by Crippen LogP contribution is -2.37. The van der Waals surface area contributed by atoms with Crippen LogP contribution in [0.3, 0.4) is 0 Å². The molecule has 0 saturated carbocycles. The molecule has 2 heterocycles. The second-order valence-corrected chi connectivity index (χ2v) is 4.38. The summed E-state index contributed by atoms with van der Waals surface area (Å²) in [5, 5.41) is 5.61. The standard InChI is InChI=1S/C12H15N5O3/c1-13-6-9(18)15-7-4-8-10(14-5-7)16(2)12(20)17(3)11(8)19/h4-5,13H,6H2,1-3H3,(H,15,18). The molecular weight excluding hydrogens is 262 g/mol. The Balaban J connectivity index is 2.58. The largest absolute Gasteiger partial charge is 0.332 e. The van der Waals surface area contributed by atoms with E-state index in [9.17, 15) is 14.4 Å². The molecule has 8 nitrogen and oxygen atoms in total. The quantitative estimate of drug-likeness (QED) is 0.733. The van der Waals surface area contributed by atoms with Gasteiger partial charge in [-0.15, -0.1) is 0 Å². The Morgan fingerprint density at radius 2 is 2.00 bits per heavy atom. The third kappa shape index (κ3) is 2.32. The van der Waals surface area contributed by atoms with Gasteiger partial charge >= 0.3 is 5.69 Å². The van der Waals surface area contributed by atoms with Crippen LogP contribution in [0.15, 0.2) is 21.9 Å². The van der Waals surface area contributed by atoms with E-state index in [1.807, 2.05) is 0 Å². The lowest BCUT2D eigenvalue weighted by molar-refractivity contribution is -0.115. The molecule has 0 unspecified atom stereocenters. The molecule has 20 heavy (non-hydrogen) atoms. The highest BCUT2D eigenvalue weighted by atomic mass is 16.2. The topological polar surface area (TPSA) is 98.0 Å². The predicted octanol–water partition coefficient (Wildman–Crippen LogP) is -1.21. The fourth-order valence-corrected chi connectivity index (χ4v) is 1.90. The minimum Gasteiger partial charge on any atom is -0.324 e. The Labute approximate surface area is 114 Å². The molecule has 0 aromatic carbocycles.